The van der Waals surface area contributed by atoms with Gasteiger partial charge in [-0.3, -0.25) is 0 Å². The van der Waals surface area contributed by atoms with Crippen LogP contribution in [0.4, 0.5) is 11.5 Å². The van der Waals surface area contributed by atoms with Crippen molar-refractivity contribution in [3.8, 4) is 0 Å². The first-order chi connectivity index (χ1) is 7.53. The summed E-state index contributed by atoms with van der Waals surface area (Å²) in [5.74, 6) is 1.72. The van der Waals surface area contributed by atoms with E-state index in [9.17, 15) is 0 Å². The van der Waals surface area contributed by atoms with Crippen LogP contribution in [0, 0.1) is 18.3 Å². The number of rotatable bonds is 4. The highest BCUT2D eigenvalue weighted by molar-refractivity contribution is 5.51. The summed E-state index contributed by atoms with van der Waals surface area (Å²) < 4.78 is 0. The fraction of sp³-hybridized carbons (Fsp3) is 0.615. The minimum atomic E-state index is 0.509. The molecule has 1 aromatic rings. The van der Waals surface area contributed by atoms with Crippen molar-refractivity contribution in [3.05, 3.63) is 17.8 Å². The zero-order chi connectivity index (χ0) is 11.8. The molecule has 88 valence electrons. The molecule has 1 aromatic heterocycles. The van der Waals surface area contributed by atoms with Gasteiger partial charge in [-0.15, -0.1) is 0 Å². The van der Waals surface area contributed by atoms with Crippen LogP contribution in [0.1, 0.15) is 32.3 Å². The van der Waals surface area contributed by atoms with Gasteiger partial charge < -0.3 is 11.1 Å². The fourth-order valence-electron chi connectivity index (χ4n) is 2.16. The maximum atomic E-state index is 5.68. The Morgan fingerprint density at radius 3 is 2.69 bits per heavy atom. The van der Waals surface area contributed by atoms with E-state index in [4.69, 9.17) is 5.73 Å². The number of hydrogen-bond acceptors (Lipinski definition) is 3. The Morgan fingerprint density at radius 1 is 1.50 bits per heavy atom. The van der Waals surface area contributed by atoms with E-state index in [1.807, 2.05) is 13.0 Å². The number of nitrogen functional groups attached to an aromatic ring is 1. The quantitative estimate of drug-likeness (QED) is 0.818. The fourth-order valence-corrected chi connectivity index (χ4v) is 2.16. The molecule has 0 aliphatic heterocycles. The van der Waals surface area contributed by atoms with Gasteiger partial charge in [0.1, 0.15) is 5.82 Å². The van der Waals surface area contributed by atoms with E-state index in [0.717, 1.165) is 29.5 Å². The normalized spacial score (nSPS) is 17.5. The molecule has 1 saturated carbocycles. The van der Waals surface area contributed by atoms with Crippen molar-refractivity contribution >= 4 is 11.5 Å². The summed E-state index contributed by atoms with van der Waals surface area (Å²) in [7, 11) is 0. The minimum absolute atomic E-state index is 0.509. The molecule has 1 fully saturated rings. The van der Waals surface area contributed by atoms with Crippen LogP contribution >= 0.6 is 0 Å². The second kappa shape index (κ2) is 3.96. The zero-order valence-corrected chi connectivity index (χ0v) is 10.4. The first-order valence-corrected chi connectivity index (χ1v) is 5.99. The number of anilines is 2. The first-order valence-electron chi connectivity index (χ1n) is 5.99. The Kier molecular flexibility index (Phi) is 2.78. The zero-order valence-electron chi connectivity index (χ0n) is 10.4. The second-order valence-electron chi connectivity index (χ2n) is 5.30. The molecule has 0 unspecified atom stereocenters. The van der Waals surface area contributed by atoms with Gasteiger partial charge in [0.25, 0.3) is 0 Å². The van der Waals surface area contributed by atoms with E-state index < -0.39 is 0 Å². The molecule has 16 heavy (non-hydrogen) atoms. The van der Waals surface area contributed by atoms with Gasteiger partial charge in [0.15, 0.2) is 0 Å². The summed E-state index contributed by atoms with van der Waals surface area (Å²) in [6.07, 6.45) is 4.39. The lowest BCUT2D eigenvalue weighted by Crippen LogP contribution is -2.21. The molecule has 0 saturated heterocycles. The third kappa shape index (κ3) is 2.13. The molecule has 3 heteroatoms. The predicted molar refractivity (Wildman–Crippen MR) is 68.4 cm³/mol. The average Bonchev–Trinajstić information content (AvgIpc) is 2.97. The van der Waals surface area contributed by atoms with E-state index >= 15 is 0 Å². The van der Waals surface area contributed by atoms with Gasteiger partial charge in [0.2, 0.25) is 0 Å². The third-order valence-electron chi connectivity index (χ3n) is 3.82. The Balaban J connectivity index is 2.00. The lowest BCUT2D eigenvalue weighted by Gasteiger charge is -2.21. The summed E-state index contributed by atoms with van der Waals surface area (Å²) in [5.41, 5.74) is 8.04. The van der Waals surface area contributed by atoms with Crippen LogP contribution in [-0.4, -0.2) is 11.5 Å². The molecular weight excluding hydrogens is 198 g/mol. The largest absolute Gasteiger partial charge is 0.397 e. The molecule has 1 aliphatic carbocycles. The van der Waals surface area contributed by atoms with Crippen molar-refractivity contribution in [2.24, 2.45) is 11.3 Å². The smallest absolute Gasteiger partial charge is 0.129 e. The Hall–Kier alpha value is -1.25. The van der Waals surface area contributed by atoms with Gasteiger partial charge in [-0.25, -0.2) is 4.98 Å². The summed E-state index contributed by atoms with van der Waals surface area (Å²) in [4.78, 5) is 4.33. The molecule has 0 bridgehead atoms. The van der Waals surface area contributed by atoms with Gasteiger partial charge in [-0.2, -0.15) is 0 Å². The number of aryl methyl sites for hydroxylation is 1. The third-order valence-corrected chi connectivity index (χ3v) is 3.82. The van der Waals surface area contributed by atoms with E-state index in [1.165, 1.54) is 12.8 Å². The molecule has 2 rings (SSSR count). The highest BCUT2D eigenvalue weighted by atomic mass is 15.0. The lowest BCUT2D eigenvalue weighted by molar-refractivity contribution is 0.380. The molecule has 1 aliphatic rings. The van der Waals surface area contributed by atoms with Crippen LogP contribution in [-0.2, 0) is 0 Å². The van der Waals surface area contributed by atoms with Crippen molar-refractivity contribution in [3.63, 3.8) is 0 Å². The van der Waals surface area contributed by atoms with E-state index in [1.54, 1.807) is 6.20 Å². The number of pyridine rings is 1. The standard InChI is InChI=1S/C13H21N3/c1-9(2)13(4-5-13)8-16-12-10(3)6-11(14)7-15-12/h6-7,9H,4-5,8,14H2,1-3H3,(H,15,16). The SMILES string of the molecule is Cc1cc(N)cnc1NCC1(C(C)C)CC1. The molecule has 0 atom stereocenters. The molecular formula is C13H21N3. The molecule has 0 amide bonds. The Bertz CT molecular complexity index is 381. The first kappa shape index (κ1) is 11.2. The van der Waals surface area contributed by atoms with Gasteiger partial charge >= 0.3 is 0 Å². The van der Waals surface area contributed by atoms with Crippen molar-refractivity contribution in [1.29, 1.82) is 0 Å². The molecule has 0 aromatic carbocycles. The summed E-state index contributed by atoms with van der Waals surface area (Å²) >= 11 is 0. The maximum Gasteiger partial charge on any atom is 0.129 e. The number of nitrogens with zero attached hydrogens (tertiary/aromatic N) is 1. The Labute approximate surface area is 97.5 Å². The van der Waals surface area contributed by atoms with Crippen molar-refractivity contribution in [2.45, 2.75) is 33.6 Å². The summed E-state index contributed by atoms with van der Waals surface area (Å²) in [6, 6.07) is 1.96. The maximum absolute atomic E-state index is 5.68. The van der Waals surface area contributed by atoms with Gasteiger partial charge in [0.05, 0.1) is 11.9 Å². The van der Waals surface area contributed by atoms with Crippen molar-refractivity contribution in [1.82, 2.24) is 4.98 Å². The van der Waals surface area contributed by atoms with Crippen LogP contribution in [0.2, 0.25) is 0 Å². The highest BCUT2D eigenvalue weighted by Gasteiger charge is 2.44. The molecule has 3 nitrogen and oxygen atoms in total. The molecule has 0 spiro atoms. The minimum Gasteiger partial charge on any atom is -0.397 e. The average molecular weight is 219 g/mol. The number of nitrogens with one attached hydrogen (secondary N) is 1. The highest BCUT2D eigenvalue weighted by Crippen LogP contribution is 2.51. The van der Waals surface area contributed by atoms with Crippen LogP contribution in [0.25, 0.3) is 0 Å². The van der Waals surface area contributed by atoms with Gasteiger partial charge in [-0.1, -0.05) is 13.8 Å². The Morgan fingerprint density at radius 2 is 2.19 bits per heavy atom. The van der Waals surface area contributed by atoms with E-state index in [0.29, 0.717) is 5.41 Å². The topological polar surface area (TPSA) is 50.9 Å². The lowest BCUT2D eigenvalue weighted by atomic mass is 9.92. The summed E-state index contributed by atoms with van der Waals surface area (Å²) in [5, 5.41) is 3.46. The van der Waals surface area contributed by atoms with E-state index in [2.05, 4.69) is 24.1 Å². The van der Waals surface area contributed by atoms with Gasteiger partial charge in [0, 0.05) is 6.54 Å². The van der Waals surface area contributed by atoms with Crippen LogP contribution in [0.15, 0.2) is 12.3 Å². The number of hydrogen-bond donors (Lipinski definition) is 2. The van der Waals surface area contributed by atoms with E-state index in [-0.39, 0.29) is 0 Å². The number of aromatic nitrogens is 1. The number of nitrogens with two attached hydrogens (primary N) is 1. The van der Waals surface area contributed by atoms with Crippen LogP contribution in [0.5, 0.6) is 0 Å². The van der Waals surface area contributed by atoms with Crippen molar-refractivity contribution in [2.75, 3.05) is 17.6 Å². The monoisotopic (exact) mass is 219 g/mol. The molecule has 3 N–H and O–H groups in total. The van der Waals surface area contributed by atoms with Crippen LogP contribution < -0.4 is 11.1 Å². The molecule has 1 heterocycles. The van der Waals surface area contributed by atoms with Crippen molar-refractivity contribution < 1.29 is 0 Å². The van der Waals surface area contributed by atoms with Gasteiger partial charge in [-0.05, 0) is 42.7 Å². The second-order valence-corrected chi connectivity index (χ2v) is 5.30. The predicted octanol–water partition coefficient (Wildman–Crippen LogP) is 2.82. The van der Waals surface area contributed by atoms with Crippen LogP contribution in [0.3, 0.4) is 0 Å². The molecule has 0 radical (unpaired) electrons. The summed E-state index contributed by atoms with van der Waals surface area (Å²) in [6.45, 7) is 7.68.